The fraction of sp³-hybridized carbons (Fsp3) is 0.381. The summed E-state index contributed by atoms with van der Waals surface area (Å²) in [4.78, 5) is 12.3. The third-order valence-electron chi connectivity index (χ3n) is 4.26. The van der Waals surface area contributed by atoms with E-state index in [1.54, 1.807) is 20.3 Å². The standard InChI is InChI=1S/C21H25Cl2NO4/c1-14(16-7-9-18(19(13-16)27-3)28-12-11-26-2)24-20(25)10-8-15-5-4-6-17(22)21(15)23/h4-7,9,13-14H,8,10-12H2,1-3H3,(H,24,25). The third kappa shape index (κ3) is 6.30. The minimum absolute atomic E-state index is 0.0667. The molecule has 0 heterocycles. The van der Waals surface area contributed by atoms with Crippen molar-refractivity contribution in [3.63, 3.8) is 0 Å². The monoisotopic (exact) mass is 425 g/mol. The van der Waals surface area contributed by atoms with Crippen molar-refractivity contribution >= 4 is 29.1 Å². The van der Waals surface area contributed by atoms with E-state index in [0.29, 0.717) is 47.6 Å². The van der Waals surface area contributed by atoms with Gasteiger partial charge < -0.3 is 19.5 Å². The summed E-state index contributed by atoms with van der Waals surface area (Å²) in [5.74, 6) is 1.18. The maximum Gasteiger partial charge on any atom is 0.220 e. The van der Waals surface area contributed by atoms with Crippen LogP contribution in [0.4, 0.5) is 0 Å². The molecule has 1 unspecified atom stereocenters. The van der Waals surface area contributed by atoms with E-state index in [1.165, 1.54) is 0 Å². The molecule has 7 heteroatoms. The van der Waals surface area contributed by atoms with E-state index in [-0.39, 0.29) is 11.9 Å². The van der Waals surface area contributed by atoms with Gasteiger partial charge in [-0.1, -0.05) is 41.4 Å². The molecule has 0 saturated carbocycles. The number of hydrogen-bond acceptors (Lipinski definition) is 4. The van der Waals surface area contributed by atoms with Crippen molar-refractivity contribution in [2.75, 3.05) is 27.4 Å². The van der Waals surface area contributed by atoms with E-state index in [0.717, 1.165) is 11.1 Å². The van der Waals surface area contributed by atoms with Gasteiger partial charge in [0.1, 0.15) is 6.61 Å². The molecule has 0 aliphatic rings. The van der Waals surface area contributed by atoms with Crippen molar-refractivity contribution in [3.05, 3.63) is 57.6 Å². The quantitative estimate of drug-likeness (QED) is 0.553. The molecule has 1 atom stereocenters. The highest BCUT2D eigenvalue weighted by atomic mass is 35.5. The van der Waals surface area contributed by atoms with Crippen molar-refractivity contribution in [1.82, 2.24) is 5.32 Å². The van der Waals surface area contributed by atoms with Crippen LogP contribution in [0.1, 0.15) is 30.5 Å². The lowest BCUT2D eigenvalue weighted by molar-refractivity contribution is -0.121. The van der Waals surface area contributed by atoms with Gasteiger partial charge in [0.25, 0.3) is 0 Å². The van der Waals surface area contributed by atoms with Crippen molar-refractivity contribution in [3.8, 4) is 11.5 Å². The second-order valence-corrected chi connectivity index (χ2v) is 7.04. The second kappa shape index (κ2) is 11.1. The number of benzene rings is 2. The number of aryl methyl sites for hydroxylation is 1. The lowest BCUT2D eigenvalue weighted by atomic mass is 10.1. The minimum Gasteiger partial charge on any atom is -0.493 e. The van der Waals surface area contributed by atoms with Gasteiger partial charge in [0, 0.05) is 13.5 Å². The molecule has 1 N–H and O–H groups in total. The number of carbonyl (C=O) groups is 1. The highest BCUT2D eigenvalue weighted by Gasteiger charge is 2.14. The average Bonchev–Trinajstić information content (AvgIpc) is 2.69. The SMILES string of the molecule is COCCOc1ccc(C(C)NC(=O)CCc2cccc(Cl)c2Cl)cc1OC. The van der Waals surface area contributed by atoms with Crippen molar-refractivity contribution in [1.29, 1.82) is 0 Å². The Morgan fingerprint density at radius 3 is 2.61 bits per heavy atom. The van der Waals surface area contributed by atoms with Gasteiger partial charge in [-0.15, -0.1) is 0 Å². The number of rotatable bonds is 10. The zero-order valence-corrected chi connectivity index (χ0v) is 17.8. The average molecular weight is 426 g/mol. The molecule has 0 aromatic heterocycles. The van der Waals surface area contributed by atoms with E-state index in [2.05, 4.69) is 5.32 Å². The predicted molar refractivity (Wildman–Crippen MR) is 112 cm³/mol. The molecule has 28 heavy (non-hydrogen) atoms. The molecule has 2 rings (SSSR count). The summed E-state index contributed by atoms with van der Waals surface area (Å²) in [5.41, 5.74) is 1.78. The molecular formula is C21H25Cl2NO4. The summed E-state index contributed by atoms with van der Waals surface area (Å²) in [6.07, 6.45) is 0.841. The topological polar surface area (TPSA) is 56.8 Å². The molecule has 0 spiro atoms. The molecule has 0 aliphatic carbocycles. The highest BCUT2D eigenvalue weighted by molar-refractivity contribution is 6.42. The molecular weight excluding hydrogens is 401 g/mol. The second-order valence-electron chi connectivity index (χ2n) is 6.25. The number of methoxy groups -OCH3 is 2. The van der Waals surface area contributed by atoms with Gasteiger partial charge in [-0.3, -0.25) is 4.79 Å². The minimum atomic E-state index is -0.177. The molecule has 5 nitrogen and oxygen atoms in total. The first-order chi connectivity index (χ1) is 13.5. The number of amides is 1. The molecule has 152 valence electrons. The van der Waals surface area contributed by atoms with Crippen LogP contribution in [0.3, 0.4) is 0 Å². The molecule has 0 bridgehead atoms. The van der Waals surface area contributed by atoms with Gasteiger partial charge in [0.2, 0.25) is 5.91 Å². The molecule has 2 aromatic rings. The van der Waals surface area contributed by atoms with Crippen LogP contribution in [0.5, 0.6) is 11.5 Å². The van der Waals surface area contributed by atoms with Gasteiger partial charge >= 0.3 is 0 Å². The van der Waals surface area contributed by atoms with E-state index >= 15 is 0 Å². The van der Waals surface area contributed by atoms with Crippen LogP contribution >= 0.6 is 23.2 Å². The molecule has 0 fully saturated rings. The van der Waals surface area contributed by atoms with Crippen LogP contribution in [0.15, 0.2) is 36.4 Å². The zero-order valence-electron chi connectivity index (χ0n) is 16.3. The van der Waals surface area contributed by atoms with Gasteiger partial charge in [0.15, 0.2) is 11.5 Å². The van der Waals surface area contributed by atoms with Crippen molar-refractivity contribution in [2.24, 2.45) is 0 Å². The van der Waals surface area contributed by atoms with Gasteiger partial charge in [-0.2, -0.15) is 0 Å². The highest BCUT2D eigenvalue weighted by Crippen LogP contribution is 2.30. The number of hydrogen-bond donors (Lipinski definition) is 1. The summed E-state index contributed by atoms with van der Waals surface area (Å²) in [6, 6.07) is 10.9. The largest absolute Gasteiger partial charge is 0.493 e. The van der Waals surface area contributed by atoms with E-state index in [4.69, 9.17) is 37.4 Å². The summed E-state index contributed by atoms with van der Waals surface area (Å²) < 4.78 is 16.0. The first kappa shape index (κ1) is 22.3. The number of halogens is 2. The first-order valence-corrected chi connectivity index (χ1v) is 9.73. The zero-order chi connectivity index (χ0) is 20.5. The maximum atomic E-state index is 12.3. The molecule has 0 saturated heterocycles. The summed E-state index contributed by atoms with van der Waals surface area (Å²) in [5, 5.41) is 3.98. The van der Waals surface area contributed by atoms with Crippen LogP contribution in [0, 0.1) is 0 Å². The fourth-order valence-corrected chi connectivity index (χ4v) is 3.11. The Morgan fingerprint density at radius 1 is 1.11 bits per heavy atom. The summed E-state index contributed by atoms with van der Waals surface area (Å²) in [6.45, 7) is 2.85. The van der Waals surface area contributed by atoms with Crippen LogP contribution in [-0.4, -0.2) is 33.3 Å². The molecule has 0 aliphatic heterocycles. The van der Waals surface area contributed by atoms with Gasteiger partial charge in [0.05, 0.1) is 29.8 Å². The smallest absolute Gasteiger partial charge is 0.220 e. The fourth-order valence-electron chi connectivity index (χ4n) is 2.69. The molecule has 0 radical (unpaired) electrons. The van der Waals surface area contributed by atoms with E-state index in [1.807, 2.05) is 37.3 Å². The van der Waals surface area contributed by atoms with E-state index in [9.17, 15) is 4.79 Å². The Kier molecular flexibility index (Phi) is 8.90. The van der Waals surface area contributed by atoms with Crippen molar-refractivity contribution < 1.29 is 19.0 Å². The summed E-state index contributed by atoms with van der Waals surface area (Å²) in [7, 11) is 3.20. The number of nitrogens with one attached hydrogen (secondary N) is 1. The Bertz CT molecular complexity index is 798. The van der Waals surface area contributed by atoms with Crippen LogP contribution in [-0.2, 0) is 16.0 Å². The van der Waals surface area contributed by atoms with Gasteiger partial charge in [-0.25, -0.2) is 0 Å². The number of carbonyl (C=O) groups excluding carboxylic acids is 1. The van der Waals surface area contributed by atoms with Crippen molar-refractivity contribution in [2.45, 2.75) is 25.8 Å². The van der Waals surface area contributed by atoms with Crippen LogP contribution < -0.4 is 14.8 Å². The Hall–Kier alpha value is -1.95. The van der Waals surface area contributed by atoms with E-state index < -0.39 is 0 Å². The number of ether oxygens (including phenoxy) is 3. The van der Waals surface area contributed by atoms with Crippen LogP contribution in [0.25, 0.3) is 0 Å². The first-order valence-electron chi connectivity index (χ1n) is 8.98. The molecule has 1 amide bonds. The Morgan fingerprint density at radius 2 is 1.89 bits per heavy atom. The normalized spacial score (nSPS) is 11.8. The summed E-state index contributed by atoms with van der Waals surface area (Å²) >= 11 is 12.2. The molecule has 2 aromatic carbocycles. The Labute approximate surface area is 175 Å². The third-order valence-corrected chi connectivity index (χ3v) is 5.12. The van der Waals surface area contributed by atoms with Crippen LogP contribution in [0.2, 0.25) is 10.0 Å². The van der Waals surface area contributed by atoms with Gasteiger partial charge in [-0.05, 0) is 42.7 Å². The maximum absolute atomic E-state index is 12.3. The lowest BCUT2D eigenvalue weighted by Gasteiger charge is -2.17. The predicted octanol–water partition coefficient (Wildman–Crippen LogP) is 4.84. The Balaban J connectivity index is 1.94. The lowest BCUT2D eigenvalue weighted by Crippen LogP contribution is -2.26.